The fourth-order valence-electron chi connectivity index (χ4n) is 1.93. The predicted octanol–water partition coefficient (Wildman–Crippen LogP) is 2.36. The van der Waals surface area contributed by atoms with Crippen molar-refractivity contribution in [2.24, 2.45) is 0 Å². The van der Waals surface area contributed by atoms with Gasteiger partial charge in [-0.05, 0) is 31.5 Å². The smallest absolute Gasteiger partial charge is 0.161 e. The summed E-state index contributed by atoms with van der Waals surface area (Å²) in [4.78, 5) is 8.35. The molecule has 0 saturated heterocycles. The number of nitrogens with zero attached hydrogens (tertiary/aromatic N) is 2. The first-order valence-electron chi connectivity index (χ1n) is 5.88. The lowest BCUT2D eigenvalue weighted by atomic mass is 10.0. The maximum absolute atomic E-state index is 6.05. The second-order valence-electron chi connectivity index (χ2n) is 4.24. The molecule has 0 aliphatic rings. The Kier molecular flexibility index (Phi) is 3.55. The van der Waals surface area contributed by atoms with Crippen LogP contribution in [-0.4, -0.2) is 24.2 Å². The summed E-state index contributed by atoms with van der Waals surface area (Å²) in [5.41, 5.74) is 10.0. The number of rotatable bonds is 3. The van der Waals surface area contributed by atoms with E-state index in [1.54, 1.807) is 14.2 Å². The molecule has 1 aromatic heterocycles. The van der Waals surface area contributed by atoms with Crippen molar-refractivity contribution in [1.82, 2.24) is 9.97 Å². The molecular formula is C14H17N3O2. The Labute approximate surface area is 112 Å². The van der Waals surface area contributed by atoms with Gasteiger partial charge in [0.15, 0.2) is 11.5 Å². The number of nitrogens with two attached hydrogens (primary N) is 1. The van der Waals surface area contributed by atoms with Crippen molar-refractivity contribution in [3.05, 3.63) is 29.7 Å². The van der Waals surface area contributed by atoms with Gasteiger partial charge in [0, 0.05) is 5.56 Å². The predicted molar refractivity (Wildman–Crippen MR) is 74.5 cm³/mol. The van der Waals surface area contributed by atoms with Crippen LogP contribution >= 0.6 is 0 Å². The number of benzene rings is 1. The number of aryl methyl sites for hydroxylation is 2. The van der Waals surface area contributed by atoms with Crippen molar-refractivity contribution in [3.63, 3.8) is 0 Å². The first-order valence-corrected chi connectivity index (χ1v) is 5.88. The van der Waals surface area contributed by atoms with Crippen LogP contribution in [0, 0.1) is 13.8 Å². The highest BCUT2D eigenvalue weighted by molar-refractivity contribution is 5.77. The zero-order valence-electron chi connectivity index (χ0n) is 11.5. The summed E-state index contributed by atoms with van der Waals surface area (Å²) in [6, 6.07) is 3.79. The van der Waals surface area contributed by atoms with Gasteiger partial charge in [0.1, 0.15) is 6.33 Å². The van der Waals surface area contributed by atoms with Crippen molar-refractivity contribution in [3.8, 4) is 22.8 Å². The summed E-state index contributed by atoms with van der Waals surface area (Å²) in [6.07, 6.45) is 1.51. The Hall–Kier alpha value is -2.30. The van der Waals surface area contributed by atoms with E-state index < -0.39 is 0 Å². The van der Waals surface area contributed by atoms with E-state index in [1.165, 1.54) is 6.33 Å². The van der Waals surface area contributed by atoms with Crippen molar-refractivity contribution >= 4 is 5.69 Å². The van der Waals surface area contributed by atoms with Crippen molar-refractivity contribution in [2.75, 3.05) is 20.0 Å². The fraction of sp³-hybridized carbons (Fsp3) is 0.286. The van der Waals surface area contributed by atoms with Crippen LogP contribution in [0.4, 0.5) is 5.69 Å². The third-order valence-corrected chi connectivity index (χ3v) is 3.07. The van der Waals surface area contributed by atoms with Gasteiger partial charge < -0.3 is 15.2 Å². The summed E-state index contributed by atoms with van der Waals surface area (Å²) in [7, 11) is 3.21. The van der Waals surface area contributed by atoms with Gasteiger partial charge in [-0.25, -0.2) is 9.97 Å². The van der Waals surface area contributed by atoms with Gasteiger partial charge in [-0.2, -0.15) is 0 Å². The maximum Gasteiger partial charge on any atom is 0.161 e. The first-order chi connectivity index (χ1) is 9.08. The van der Waals surface area contributed by atoms with Crippen molar-refractivity contribution < 1.29 is 9.47 Å². The number of aromatic nitrogens is 2. The van der Waals surface area contributed by atoms with Crippen LogP contribution < -0.4 is 15.2 Å². The van der Waals surface area contributed by atoms with E-state index in [-0.39, 0.29) is 0 Å². The summed E-state index contributed by atoms with van der Waals surface area (Å²) >= 11 is 0. The lowest BCUT2D eigenvalue weighted by Gasteiger charge is -2.14. The molecule has 19 heavy (non-hydrogen) atoms. The molecule has 2 N–H and O–H groups in total. The SMILES string of the molecule is COc1cc(C)c(-c2ncnc(C)c2N)cc1OC. The monoisotopic (exact) mass is 259 g/mol. The largest absolute Gasteiger partial charge is 0.493 e. The topological polar surface area (TPSA) is 70.3 Å². The molecule has 2 aromatic rings. The number of methoxy groups -OCH3 is 2. The maximum atomic E-state index is 6.05. The normalized spacial score (nSPS) is 10.3. The van der Waals surface area contributed by atoms with E-state index in [0.717, 1.165) is 16.8 Å². The minimum Gasteiger partial charge on any atom is -0.493 e. The Morgan fingerprint density at radius 3 is 2.26 bits per heavy atom. The van der Waals surface area contributed by atoms with Gasteiger partial charge in [0.05, 0.1) is 31.3 Å². The first kappa shape index (κ1) is 13.1. The highest BCUT2D eigenvalue weighted by Crippen LogP contribution is 2.36. The molecule has 2 rings (SSSR count). The Bertz CT molecular complexity index is 612. The van der Waals surface area contributed by atoms with E-state index in [9.17, 15) is 0 Å². The van der Waals surface area contributed by atoms with Gasteiger partial charge in [-0.15, -0.1) is 0 Å². The third kappa shape index (κ3) is 2.31. The van der Waals surface area contributed by atoms with E-state index in [4.69, 9.17) is 15.2 Å². The van der Waals surface area contributed by atoms with Crippen LogP contribution in [0.1, 0.15) is 11.3 Å². The quantitative estimate of drug-likeness (QED) is 0.916. The molecule has 100 valence electrons. The van der Waals surface area contributed by atoms with E-state index in [2.05, 4.69) is 9.97 Å². The van der Waals surface area contributed by atoms with Gasteiger partial charge in [0.2, 0.25) is 0 Å². The molecule has 5 nitrogen and oxygen atoms in total. The van der Waals surface area contributed by atoms with Crippen LogP contribution in [0.15, 0.2) is 18.5 Å². The Morgan fingerprint density at radius 1 is 1.00 bits per heavy atom. The number of ether oxygens (including phenoxy) is 2. The Morgan fingerprint density at radius 2 is 1.63 bits per heavy atom. The Balaban J connectivity index is 2.65. The lowest BCUT2D eigenvalue weighted by Crippen LogP contribution is -2.01. The number of hydrogen-bond acceptors (Lipinski definition) is 5. The van der Waals surface area contributed by atoms with Crippen LogP contribution in [0.2, 0.25) is 0 Å². The number of anilines is 1. The zero-order valence-corrected chi connectivity index (χ0v) is 11.5. The van der Waals surface area contributed by atoms with E-state index >= 15 is 0 Å². The van der Waals surface area contributed by atoms with E-state index in [0.29, 0.717) is 22.9 Å². The average molecular weight is 259 g/mol. The lowest BCUT2D eigenvalue weighted by molar-refractivity contribution is 0.355. The fourth-order valence-corrected chi connectivity index (χ4v) is 1.93. The average Bonchev–Trinajstić information content (AvgIpc) is 2.42. The second-order valence-corrected chi connectivity index (χ2v) is 4.24. The highest BCUT2D eigenvalue weighted by Gasteiger charge is 2.14. The molecule has 0 radical (unpaired) electrons. The van der Waals surface area contributed by atoms with Gasteiger partial charge >= 0.3 is 0 Å². The molecule has 1 aromatic carbocycles. The standard InChI is InChI=1S/C14H17N3O2/c1-8-5-11(18-3)12(19-4)6-10(8)14-13(15)9(2)16-7-17-14/h5-7H,15H2,1-4H3. The summed E-state index contributed by atoms with van der Waals surface area (Å²) in [5, 5.41) is 0. The molecule has 0 saturated carbocycles. The number of nitrogen functional groups attached to an aromatic ring is 1. The second kappa shape index (κ2) is 5.14. The third-order valence-electron chi connectivity index (χ3n) is 3.07. The molecule has 0 amide bonds. The molecular weight excluding hydrogens is 242 g/mol. The summed E-state index contributed by atoms with van der Waals surface area (Å²) in [6.45, 7) is 3.84. The van der Waals surface area contributed by atoms with Gasteiger partial charge in [-0.3, -0.25) is 0 Å². The summed E-state index contributed by atoms with van der Waals surface area (Å²) < 4.78 is 10.6. The minimum atomic E-state index is 0.581. The van der Waals surface area contributed by atoms with Crippen molar-refractivity contribution in [1.29, 1.82) is 0 Å². The van der Waals surface area contributed by atoms with E-state index in [1.807, 2.05) is 26.0 Å². The van der Waals surface area contributed by atoms with Gasteiger partial charge in [0.25, 0.3) is 0 Å². The molecule has 0 aliphatic carbocycles. The zero-order chi connectivity index (χ0) is 14.0. The highest BCUT2D eigenvalue weighted by atomic mass is 16.5. The number of hydrogen-bond donors (Lipinski definition) is 1. The van der Waals surface area contributed by atoms with Crippen LogP contribution in [0.5, 0.6) is 11.5 Å². The molecule has 0 bridgehead atoms. The molecule has 0 fully saturated rings. The molecule has 0 unspecified atom stereocenters. The van der Waals surface area contributed by atoms with Gasteiger partial charge in [-0.1, -0.05) is 0 Å². The molecule has 1 heterocycles. The molecule has 0 spiro atoms. The molecule has 0 atom stereocenters. The van der Waals surface area contributed by atoms with Crippen molar-refractivity contribution in [2.45, 2.75) is 13.8 Å². The molecule has 5 heteroatoms. The van der Waals surface area contributed by atoms with Crippen LogP contribution in [-0.2, 0) is 0 Å². The molecule has 0 aliphatic heterocycles. The van der Waals surface area contributed by atoms with Crippen LogP contribution in [0.25, 0.3) is 11.3 Å². The van der Waals surface area contributed by atoms with Crippen LogP contribution in [0.3, 0.4) is 0 Å². The minimum absolute atomic E-state index is 0.581. The summed E-state index contributed by atoms with van der Waals surface area (Å²) in [5.74, 6) is 1.34.